The summed E-state index contributed by atoms with van der Waals surface area (Å²) in [5, 5.41) is 16.3. The van der Waals surface area contributed by atoms with Crippen LogP contribution >= 0.6 is 0 Å². The Morgan fingerprint density at radius 1 is 1.25 bits per heavy atom. The Hall–Kier alpha value is -0.120. The Morgan fingerprint density at radius 2 is 1.88 bits per heavy atom. The molecule has 16 heavy (non-hydrogen) atoms. The maximum atomic E-state index is 9.39. The number of aliphatic hydroxyl groups is 1. The largest absolute Gasteiger partial charge is 0.392 e. The summed E-state index contributed by atoms with van der Waals surface area (Å²) in [5.74, 6) is 2.20. The Labute approximate surface area is 100 Å². The van der Waals surface area contributed by atoms with Crippen molar-refractivity contribution in [2.75, 3.05) is 19.6 Å². The molecule has 0 radical (unpaired) electrons. The van der Waals surface area contributed by atoms with E-state index in [0.29, 0.717) is 6.04 Å². The number of rotatable bonds is 6. The quantitative estimate of drug-likeness (QED) is 0.640. The number of nitrogens with one attached hydrogen (secondary N) is 2. The molecule has 0 aliphatic carbocycles. The van der Waals surface area contributed by atoms with Gasteiger partial charge in [-0.15, -0.1) is 0 Å². The highest BCUT2D eigenvalue weighted by Crippen LogP contribution is 2.19. The summed E-state index contributed by atoms with van der Waals surface area (Å²) in [7, 11) is 0. The zero-order chi connectivity index (χ0) is 12.1. The Morgan fingerprint density at radius 3 is 2.31 bits per heavy atom. The molecule has 1 saturated heterocycles. The van der Waals surface area contributed by atoms with Crippen LogP contribution in [0.4, 0.5) is 0 Å². The van der Waals surface area contributed by atoms with Crippen LogP contribution in [-0.4, -0.2) is 36.9 Å². The first-order chi connectivity index (χ1) is 7.50. The first-order valence-corrected chi connectivity index (χ1v) is 6.62. The lowest BCUT2D eigenvalue weighted by Gasteiger charge is -2.26. The van der Waals surface area contributed by atoms with Gasteiger partial charge in [0.05, 0.1) is 6.10 Å². The fraction of sp³-hybridized carbons (Fsp3) is 1.00. The molecule has 1 heterocycles. The molecule has 0 amide bonds. The molecule has 3 heteroatoms. The van der Waals surface area contributed by atoms with Crippen molar-refractivity contribution in [3.05, 3.63) is 0 Å². The van der Waals surface area contributed by atoms with Crippen molar-refractivity contribution in [3.8, 4) is 0 Å². The summed E-state index contributed by atoms with van der Waals surface area (Å²) in [4.78, 5) is 0. The summed E-state index contributed by atoms with van der Waals surface area (Å²) >= 11 is 0. The monoisotopic (exact) mass is 228 g/mol. The van der Waals surface area contributed by atoms with Gasteiger partial charge < -0.3 is 15.7 Å². The first-order valence-electron chi connectivity index (χ1n) is 6.62. The molecule has 1 rings (SSSR count). The summed E-state index contributed by atoms with van der Waals surface area (Å²) < 4.78 is 0. The van der Waals surface area contributed by atoms with E-state index in [-0.39, 0.29) is 6.10 Å². The molecule has 0 spiro atoms. The molecule has 0 aromatic rings. The van der Waals surface area contributed by atoms with E-state index in [4.69, 9.17) is 0 Å². The Kier molecular flexibility index (Phi) is 5.73. The zero-order valence-electron chi connectivity index (χ0n) is 11.2. The van der Waals surface area contributed by atoms with Crippen LogP contribution in [0.1, 0.15) is 34.1 Å². The second kappa shape index (κ2) is 6.58. The number of hydrogen-bond acceptors (Lipinski definition) is 3. The van der Waals surface area contributed by atoms with Crippen molar-refractivity contribution in [2.24, 2.45) is 17.8 Å². The van der Waals surface area contributed by atoms with E-state index in [2.05, 4.69) is 38.3 Å². The molecular formula is C13H28N2O. The van der Waals surface area contributed by atoms with E-state index < -0.39 is 0 Å². The van der Waals surface area contributed by atoms with Gasteiger partial charge in [-0.2, -0.15) is 0 Å². The van der Waals surface area contributed by atoms with Gasteiger partial charge in [0.15, 0.2) is 0 Å². The summed E-state index contributed by atoms with van der Waals surface area (Å²) in [5.41, 5.74) is 0. The zero-order valence-corrected chi connectivity index (χ0v) is 11.2. The standard InChI is InChI=1S/C13H28N2O/c1-9(2)13(10(3)4)8-14-6-11-5-12(16)7-15-11/h9-16H,5-8H2,1-4H3. The van der Waals surface area contributed by atoms with E-state index in [1.807, 2.05) is 0 Å². The summed E-state index contributed by atoms with van der Waals surface area (Å²) in [6.07, 6.45) is 0.749. The smallest absolute Gasteiger partial charge is 0.0680 e. The summed E-state index contributed by atoms with van der Waals surface area (Å²) in [6.45, 7) is 12.0. The van der Waals surface area contributed by atoms with E-state index in [1.54, 1.807) is 0 Å². The maximum absolute atomic E-state index is 9.39. The van der Waals surface area contributed by atoms with Crippen LogP contribution < -0.4 is 10.6 Å². The molecule has 0 aromatic heterocycles. The van der Waals surface area contributed by atoms with Gasteiger partial charge >= 0.3 is 0 Å². The molecule has 1 aliphatic rings. The van der Waals surface area contributed by atoms with Crippen LogP contribution in [0.3, 0.4) is 0 Å². The Balaban J connectivity index is 2.18. The van der Waals surface area contributed by atoms with Crippen LogP contribution in [0.5, 0.6) is 0 Å². The predicted molar refractivity (Wildman–Crippen MR) is 68.5 cm³/mol. The molecule has 0 aromatic carbocycles. The molecule has 0 saturated carbocycles. The van der Waals surface area contributed by atoms with Crippen LogP contribution in [-0.2, 0) is 0 Å². The third kappa shape index (κ3) is 4.40. The molecule has 0 bridgehead atoms. The van der Waals surface area contributed by atoms with Crippen LogP contribution in [0.2, 0.25) is 0 Å². The highest BCUT2D eigenvalue weighted by atomic mass is 16.3. The second-order valence-electron chi connectivity index (χ2n) is 5.80. The molecule has 3 nitrogen and oxygen atoms in total. The van der Waals surface area contributed by atoms with Crippen molar-refractivity contribution in [2.45, 2.75) is 46.3 Å². The lowest BCUT2D eigenvalue weighted by atomic mass is 9.85. The SMILES string of the molecule is CC(C)C(CNCC1CC(O)CN1)C(C)C. The second-order valence-corrected chi connectivity index (χ2v) is 5.80. The lowest BCUT2D eigenvalue weighted by Crippen LogP contribution is -2.38. The average molecular weight is 228 g/mol. The third-order valence-electron chi connectivity index (χ3n) is 3.68. The molecule has 3 N–H and O–H groups in total. The van der Waals surface area contributed by atoms with Crippen LogP contribution in [0.15, 0.2) is 0 Å². The van der Waals surface area contributed by atoms with Gasteiger partial charge in [-0.05, 0) is 30.7 Å². The lowest BCUT2D eigenvalue weighted by molar-refractivity contribution is 0.192. The Bertz CT molecular complexity index is 186. The van der Waals surface area contributed by atoms with Crippen molar-refractivity contribution < 1.29 is 5.11 Å². The van der Waals surface area contributed by atoms with E-state index in [1.165, 1.54) is 0 Å². The number of β-amino-alcohol motifs (C(OH)–C–C–N with tert-alkyl or cyclic N) is 1. The van der Waals surface area contributed by atoms with E-state index >= 15 is 0 Å². The fourth-order valence-corrected chi connectivity index (χ4v) is 2.62. The molecular weight excluding hydrogens is 200 g/mol. The highest BCUT2D eigenvalue weighted by Gasteiger charge is 2.22. The first kappa shape index (κ1) is 13.9. The number of hydrogen-bond donors (Lipinski definition) is 3. The molecule has 1 fully saturated rings. The molecule has 2 unspecified atom stereocenters. The normalized spacial score (nSPS) is 26.2. The van der Waals surface area contributed by atoms with Gasteiger partial charge in [0.25, 0.3) is 0 Å². The van der Waals surface area contributed by atoms with E-state index in [0.717, 1.165) is 43.8 Å². The van der Waals surface area contributed by atoms with Gasteiger partial charge in [-0.1, -0.05) is 27.7 Å². The van der Waals surface area contributed by atoms with Crippen LogP contribution in [0.25, 0.3) is 0 Å². The predicted octanol–water partition coefficient (Wildman–Crippen LogP) is 1.23. The van der Waals surface area contributed by atoms with Gasteiger partial charge in [0.1, 0.15) is 0 Å². The maximum Gasteiger partial charge on any atom is 0.0680 e. The highest BCUT2D eigenvalue weighted by molar-refractivity contribution is 4.83. The van der Waals surface area contributed by atoms with Gasteiger partial charge in [-0.25, -0.2) is 0 Å². The minimum Gasteiger partial charge on any atom is -0.392 e. The minimum absolute atomic E-state index is 0.141. The van der Waals surface area contributed by atoms with Gasteiger partial charge in [0.2, 0.25) is 0 Å². The van der Waals surface area contributed by atoms with E-state index in [9.17, 15) is 5.11 Å². The molecule has 96 valence electrons. The minimum atomic E-state index is -0.141. The average Bonchev–Trinajstić information content (AvgIpc) is 2.57. The van der Waals surface area contributed by atoms with Crippen molar-refractivity contribution in [1.29, 1.82) is 0 Å². The third-order valence-corrected chi connectivity index (χ3v) is 3.68. The van der Waals surface area contributed by atoms with Crippen LogP contribution in [0, 0.1) is 17.8 Å². The summed E-state index contributed by atoms with van der Waals surface area (Å²) in [6, 6.07) is 0.454. The molecule has 1 aliphatic heterocycles. The molecule has 2 atom stereocenters. The van der Waals surface area contributed by atoms with Gasteiger partial charge in [0, 0.05) is 19.1 Å². The fourth-order valence-electron chi connectivity index (χ4n) is 2.62. The number of aliphatic hydroxyl groups excluding tert-OH is 1. The topological polar surface area (TPSA) is 44.3 Å². The van der Waals surface area contributed by atoms with Crippen molar-refractivity contribution in [1.82, 2.24) is 10.6 Å². The van der Waals surface area contributed by atoms with Gasteiger partial charge in [-0.3, -0.25) is 0 Å². The van der Waals surface area contributed by atoms with Crippen molar-refractivity contribution in [3.63, 3.8) is 0 Å². The van der Waals surface area contributed by atoms with Crippen molar-refractivity contribution >= 4 is 0 Å².